The minimum absolute atomic E-state index is 0.00523. The molecule has 1 rings (SSSR count). The van der Waals surface area contributed by atoms with E-state index in [0.29, 0.717) is 11.3 Å². The van der Waals surface area contributed by atoms with Crippen LogP contribution in [0.4, 0.5) is 0 Å². The van der Waals surface area contributed by atoms with Crippen LogP contribution in [-0.2, 0) is 10.0 Å². The van der Waals surface area contributed by atoms with Gasteiger partial charge in [0.15, 0.2) is 0 Å². The normalized spacial score (nSPS) is 10.8. The fourth-order valence-corrected chi connectivity index (χ4v) is 2.24. The van der Waals surface area contributed by atoms with E-state index >= 15 is 0 Å². The van der Waals surface area contributed by atoms with Crippen molar-refractivity contribution < 1.29 is 13.2 Å². The third-order valence-corrected chi connectivity index (χ3v) is 3.00. The number of primary sulfonamides is 1. The third-order valence-electron chi connectivity index (χ3n) is 1.89. The van der Waals surface area contributed by atoms with Crippen molar-refractivity contribution in [1.82, 2.24) is 0 Å². The number of hydrogen-bond donors (Lipinski definition) is 1. The van der Waals surface area contributed by atoms with Crippen LogP contribution >= 0.6 is 0 Å². The van der Waals surface area contributed by atoms with Crippen LogP contribution in [0.25, 0.3) is 0 Å². The van der Waals surface area contributed by atoms with Gasteiger partial charge in [-0.1, -0.05) is 0 Å². The highest BCUT2D eigenvalue weighted by atomic mass is 32.2. The Kier molecular flexibility index (Phi) is 2.98. The van der Waals surface area contributed by atoms with Gasteiger partial charge < -0.3 is 4.74 Å². The SMILES string of the molecule is COc1cc(C)c(S(N)(=O)=O)c(C#N)c1. The van der Waals surface area contributed by atoms with Crippen molar-refractivity contribution in [2.24, 2.45) is 5.14 Å². The molecule has 0 aliphatic heterocycles. The first-order chi connectivity index (χ1) is 6.90. The predicted octanol–water partition coefficient (Wildman–Crippen LogP) is 0.523. The number of sulfonamides is 1. The fraction of sp³-hybridized carbons (Fsp3) is 0.222. The van der Waals surface area contributed by atoms with E-state index in [9.17, 15) is 8.42 Å². The lowest BCUT2D eigenvalue weighted by atomic mass is 10.1. The minimum atomic E-state index is -3.88. The van der Waals surface area contributed by atoms with Crippen LogP contribution in [0, 0.1) is 18.3 Å². The number of rotatable bonds is 2. The molecule has 0 bridgehead atoms. The summed E-state index contributed by atoms with van der Waals surface area (Å²) in [6, 6.07) is 4.63. The average molecular weight is 226 g/mol. The quantitative estimate of drug-likeness (QED) is 0.795. The molecule has 6 heteroatoms. The number of nitrogens with zero attached hydrogens (tertiary/aromatic N) is 1. The molecule has 5 nitrogen and oxygen atoms in total. The van der Waals surface area contributed by atoms with Crippen molar-refractivity contribution in [3.63, 3.8) is 0 Å². The first-order valence-corrected chi connectivity index (χ1v) is 5.56. The van der Waals surface area contributed by atoms with Crippen molar-refractivity contribution in [2.75, 3.05) is 7.11 Å². The zero-order chi connectivity index (χ0) is 11.6. The highest BCUT2D eigenvalue weighted by Gasteiger charge is 2.18. The zero-order valence-electron chi connectivity index (χ0n) is 8.31. The number of nitrogens with two attached hydrogens (primary N) is 1. The van der Waals surface area contributed by atoms with Crippen LogP contribution in [0.1, 0.15) is 11.1 Å². The van der Waals surface area contributed by atoms with Crippen LogP contribution < -0.4 is 9.88 Å². The van der Waals surface area contributed by atoms with E-state index in [-0.39, 0.29) is 10.5 Å². The number of nitriles is 1. The maximum Gasteiger partial charge on any atom is 0.239 e. The molecule has 0 amide bonds. The highest BCUT2D eigenvalue weighted by Crippen LogP contribution is 2.24. The van der Waals surface area contributed by atoms with Gasteiger partial charge >= 0.3 is 0 Å². The van der Waals surface area contributed by atoms with Gasteiger partial charge in [0.05, 0.1) is 12.7 Å². The monoisotopic (exact) mass is 226 g/mol. The van der Waals surface area contributed by atoms with Gasteiger partial charge in [-0.25, -0.2) is 13.6 Å². The van der Waals surface area contributed by atoms with E-state index in [0.717, 1.165) is 0 Å². The Morgan fingerprint density at radius 2 is 2.07 bits per heavy atom. The third kappa shape index (κ3) is 2.26. The summed E-state index contributed by atoms with van der Waals surface area (Å²) in [5.41, 5.74) is 0.391. The molecule has 1 aromatic rings. The average Bonchev–Trinajstić information content (AvgIpc) is 2.14. The van der Waals surface area contributed by atoms with Crippen molar-refractivity contribution >= 4 is 10.0 Å². The second-order valence-corrected chi connectivity index (χ2v) is 4.48. The summed E-state index contributed by atoms with van der Waals surface area (Å²) in [4.78, 5) is -0.147. The number of ether oxygens (including phenoxy) is 1. The zero-order valence-corrected chi connectivity index (χ0v) is 9.13. The van der Waals surface area contributed by atoms with Crippen molar-refractivity contribution in [3.05, 3.63) is 23.3 Å². The standard InChI is InChI=1S/C9H10N2O3S/c1-6-3-8(14-2)4-7(5-10)9(6)15(11,12)13/h3-4H,1-2H3,(H2,11,12,13). The molecule has 0 aliphatic carbocycles. The van der Waals surface area contributed by atoms with E-state index in [1.54, 1.807) is 13.0 Å². The molecule has 2 N–H and O–H groups in total. The molecule has 0 aromatic heterocycles. The summed E-state index contributed by atoms with van der Waals surface area (Å²) in [6.07, 6.45) is 0. The lowest BCUT2D eigenvalue weighted by Crippen LogP contribution is -2.15. The molecule has 1 aromatic carbocycles. The van der Waals surface area contributed by atoms with Crippen LogP contribution in [0.3, 0.4) is 0 Å². The van der Waals surface area contributed by atoms with Crippen LogP contribution in [0.5, 0.6) is 5.75 Å². The Hall–Kier alpha value is -1.58. The van der Waals surface area contributed by atoms with E-state index in [1.807, 2.05) is 0 Å². The lowest BCUT2D eigenvalue weighted by Gasteiger charge is -2.08. The molecule has 0 aliphatic rings. The first-order valence-electron chi connectivity index (χ1n) is 4.01. The van der Waals surface area contributed by atoms with Gasteiger partial charge in [-0.05, 0) is 24.6 Å². The molecule has 0 saturated carbocycles. The summed E-state index contributed by atoms with van der Waals surface area (Å²) in [5.74, 6) is 0.427. The maximum atomic E-state index is 11.2. The van der Waals surface area contributed by atoms with E-state index in [2.05, 4.69) is 0 Å². The molecule has 0 saturated heterocycles. The summed E-state index contributed by atoms with van der Waals surface area (Å²) in [7, 11) is -2.44. The molecule has 0 unspecified atom stereocenters. The Bertz CT molecular complexity index is 529. The van der Waals surface area contributed by atoms with Crippen LogP contribution in [0.2, 0.25) is 0 Å². The summed E-state index contributed by atoms with van der Waals surface area (Å²) in [6.45, 7) is 1.56. The first kappa shape index (κ1) is 11.5. The van der Waals surface area contributed by atoms with Crippen molar-refractivity contribution in [3.8, 4) is 11.8 Å². The maximum absolute atomic E-state index is 11.2. The molecule has 80 valence electrons. The molecule has 0 heterocycles. The topological polar surface area (TPSA) is 93.2 Å². The molecule has 0 fully saturated rings. The second kappa shape index (κ2) is 3.88. The molecule has 15 heavy (non-hydrogen) atoms. The number of methoxy groups -OCH3 is 1. The number of benzene rings is 1. The van der Waals surface area contributed by atoms with Crippen LogP contribution in [0.15, 0.2) is 17.0 Å². The summed E-state index contributed by atoms with van der Waals surface area (Å²) in [5, 5.41) is 13.8. The fourth-order valence-electron chi connectivity index (χ4n) is 1.32. The van der Waals surface area contributed by atoms with E-state index in [1.165, 1.54) is 19.2 Å². The summed E-state index contributed by atoms with van der Waals surface area (Å²) < 4.78 is 27.4. The van der Waals surface area contributed by atoms with Crippen molar-refractivity contribution in [2.45, 2.75) is 11.8 Å². The largest absolute Gasteiger partial charge is 0.497 e. The van der Waals surface area contributed by atoms with E-state index in [4.69, 9.17) is 15.1 Å². The molecule has 0 atom stereocenters. The Labute approximate surface area is 88.1 Å². The predicted molar refractivity (Wildman–Crippen MR) is 53.8 cm³/mol. The lowest BCUT2D eigenvalue weighted by molar-refractivity contribution is 0.414. The smallest absolute Gasteiger partial charge is 0.239 e. The Balaban J connectivity index is 3.61. The van der Waals surface area contributed by atoms with E-state index < -0.39 is 10.0 Å². The minimum Gasteiger partial charge on any atom is -0.497 e. The van der Waals surface area contributed by atoms with Gasteiger partial charge in [0, 0.05) is 0 Å². The van der Waals surface area contributed by atoms with Crippen molar-refractivity contribution in [1.29, 1.82) is 5.26 Å². The summed E-state index contributed by atoms with van der Waals surface area (Å²) >= 11 is 0. The van der Waals surface area contributed by atoms with Gasteiger partial charge in [0.25, 0.3) is 0 Å². The highest BCUT2D eigenvalue weighted by molar-refractivity contribution is 7.89. The Morgan fingerprint density at radius 3 is 2.47 bits per heavy atom. The number of hydrogen-bond acceptors (Lipinski definition) is 4. The van der Waals surface area contributed by atoms with Gasteiger partial charge in [-0.3, -0.25) is 0 Å². The van der Waals surface area contributed by atoms with Gasteiger partial charge in [0.2, 0.25) is 10.0 Å². The molecular formula is C9H10N2O3S. The molecule has 0 spiro atoms. The van der Waals surface area contributed by atoms with Gasteiger partial charge in [-0.15, -0.1) is 0 Å². The van der Waals surface area contributed by atoms with Gasteiger partial charge in [0.1, 0.15) is 16.7 Å². The Morgan fingerprint density at radius 1 is 1.47 bits per heavy atom. The second-order valence-electron chi connectivity index (χ2n) is 2.98. The van der Waals surface area contributed by atoms with Gasteiger partial charge in [-0.2, -0.15) is 5.26 Å². The van der Waals surface area contributed by atoms with Crippen LogP contribution in [-0.4, -0.2) is 15.5 Å². The molecule has 0 radical (unpaired) electrons. The number of aryl methyl sites for hydroxylation is 1. The molecular weight excluding hydrogens is 216 g/mol.